The van der Waals surface area contributed by atoms with Gasteiger partial charge in [0.15, 0.2) is 5.82 Å². The standard InChI is InChI=1S/C12H21N3O2/c1-7-17-11(16)12(4,5)10-13-9(8(2)3)14-15(10)6/h8H,7H2,1-6H3. The molecule has 0 N–H and O–H groups in total. The SMILES string of the molecule is CCOC(=O)C(C)(C)c1nc(C(C)C)nn1C. The van der Waals surface area contributed by atoms with Crippen LogP contribution in [0.25, 0.3) is 0 Å². The summed E-state index contributed by atoms with van der Waals surface area (Å²) in [6, 6.07) is 0. The Kier molecular flexibility index (Phi) is 3.91. The highest BCUT2D eigenvalue weighted by atomic mass is 16.5. The van der Waals surface area contributed by atoms with Gasteiger partial charge in [-0.25, -0.2) is 4.98 Å². The first-order valence-electron chi connectivity index (χ1n) is 5.89. The molecular formula is C12H21N3O2. The Morgan fingerprint density at radius 3 is 2.47 bits per heavy atom. The van der Waals surface area contributed by atoms with E-state index in [1.54, 1.807) is 32.5 Å². The summed E-state index contributed by atoms with van der Waals surface area (Å²) >= 11 is 0. The predicted octanol–water partition coefficient (Wildman–Crippen LogP) is 1.78. The first-order chi connectivity index (χ1) is 7.80. The van der Waals surface area contributed by atoms with E-state index in [1.807, 2.05) is 13.8 Å². The molecule has 5 heteroatoms. The summed E-state index contributed by atoms with van der Waals surface area (Å²) in [4.78, 5) is 16.3. The lowest BCUT2D eigenvalue weighted by Gasteiger charge is -2.20. The normalized spacial score (nSPS) is 11.9. The van der Waals surface area contributed by atoms with Crippen molar-refractivity contribution < 1.29 is 9.53 Å². The zero-order chi connectivity index (χ0) is 13.2. The van der Waals surface area contributed by atoms with Crippen molar-refractivity contribution in [1.29, 1.82) is 0 Å². The third kappa shape index (κ3) is 2.65. The van der Waals surface area contributed by atoms with Crippen molar-refractivity contribution in [2.24, 2.45) is 7.05 Å². The molecule has 0 fully saturated rings. The molecule has 0 spiro atoms. The molecule has 5 nitrogen and oxygen atoms in total. The molecule has 0 amide bonds. The van der Waals surface area contributed by atoms with Gasteiger partial charge in [-0.1, -0.05) is 13.8 Å². The molecule has 1 rings (SSSR count). The van der Waals surface area contributed by atoms with Gasteiger partial charge in [0.05, 0.1) is 6.61 Å². The quantitative estimate of drug-likeness (QED) is 0.751. The zero-order valence-electron chi connectivity index (χ0n) is 11.4. The average molecular weight is 239 g/mol. The van der Waals surface area contributed by atoms with Crippen molar-refractivity contribution in [2.45, 2.75) is 46.0 Å². The molecule has 1 heterocycles. The van der Waals surface area contributed by atoms with E-state index in [2.05, 4.69) is 10.1 Å². The zero-order valence-corrected chi connectivity index (χ0v) is 11.4. The Balaban J connectivity index is 3.10. The summed E-state index contributed by atoms with van der Waals surface area (Å²) in [5, 5.41) is 4.32. The molecule has 0 saturated carbocycles. The summed E-state index contributed by atoms with van der Waals surface area (Å²) in [6.07, 6.45) is 0. The fraction of sp³-hybridized carbons (Fsp3) is 0.750. The molecule has 0 aromatic carbocycles. The highest BCUT2D eigenvalue weighted by molar-refractivity contribution is 5.81. The number of hydrogen-bond donors (Lipinski definition) is 0. The molecule has 1 aromatic rings. The van der Waals surface area contributed by atoms with Crippen LogP contribution < -0.4 is 0 Å². The van der Waals surface area contributed by atoms with Gasteiger partial charge in [0.2, 0.25) is 0 Å². The summed E-state index contributed by atoms with van der Waals surface area (Å²) in [5.41, 5.74) is -0.773. The molecular weight excluding hydrogens is 218 g/mol. The second-order valence-corrected chi connectivity index (χ2v) is 4.92. The highest BCUT2D eigenvalue weighted by Gasteiger charge is 2.36. The number of aryl methyl sites for hydroxylation is 1. The largest absolute Gasteiger partial charge is 0.465 e. The van der Waals surface area contributed by atoms with Gasteiger partial charge < -0.3 is 4.74 Å². The van der Waals surface area contributed by atoms with E-state index >= 15 is 0 Å². The van der Waals surface area contributed by atoms with Crippen LogP contribution in [0.2, 0.25) is 0 Å². The maximum Gasteiger partial charge on any atom is 0.319 e. The van der Waals surface area contributed by atoms with Crippen molar-refractivity contribution >= 4 is 5.97 Å². The maximum absolute atomic E-state index is 11.9. The Morgan fingerprint density at radius 1 is 1.47 bits per heavy atom. The molecule has 0 unspecified atom stereocenters. The van der Waals surface area contributed by atoms with Gasteiger partial charge in [-0.2, -0.15) is 5.10 Å². The Hall–Kier alpha value is -1.39. The molecule has 0 saturated heterocycles. The van der Waals surface area contributed by atoms with Crippen molar-refractivity contribution in [1.82, 2.24) is 14.8 Å². The first-order valence-corrected chi connectivity index (χ1v) is 5.89. The highest BCUT2D eigenvalue weighted by Crippen LogP contribution is 2.24. The smallest absolute Gasteiger partial charge is 0.319 e. The van der Waals surface area contributed by atoms with Crippen LogP contribution >= 0.6 is 0 Å². The fourth-order valence-corrected chi connectivity index (χ4v) is 1.60. The minimum atomic E-state index is -0.773. The molecule has 0 aliphatic carbocycles. The van der Waals surface area contributed by atoms with Gasteiger partial charge in [0.1, 0.15) is 11.2 Å². The number of ether oxygens (including phenoxy) is 1. The van der Waals surface area contributed by atoms with Crippen LogP contribution in [0.5, 0.6) is 0 Å². The Morgan fingerprint density at radius 2 is 2.06 bits per heavy atom. The molecule has 17 heavy (non-hydrogen) atoms. The first kappa shape index (κ1) is 13.7. The van der Waals surface area contributed by atoms with Gasteiger partial charge in [-0.05, 0) is 20.8 Å². The molecule has 0 atom stereocenters. The lowest BCUT2D eigenvalue weighted by molar-refractivity contribution is -0.149. The molecule has 0 bridgehead atoms. The van der Waals surface area contributed by atoms with Crippen molar-refractivity contribution in [3.05, 3.63) is 11.6 Å². The van der Waals surface area contributed by atoms with Crippen LogP contribution in [0.1, 0.15) is 52.2 Å². The molecule has 0 aliphatic heterocycles. The fourth-order valence-electron chi connectivity index (χ4n) is 1.60. The summed E-state index contributed by atoms with van der Waals surface area (Å²) in [7, 11) is 1.80. The number of aromatic nitrogens is 3. The summed E-state index contributed by atoms with van der Waals surface area (Å²) in [6.45, 7) is 9.83. The summed E-state index contributed by atoms with van der Waals surface area (Å²) in [5.74, 6) is 1.36. The minimum absolute atomic E-state index is 0.243. The minimum Gasteiger partial charge on any atom is -0.465 e. The maximum atomic E-state index is 11.9. The predicted molar refractivity (Wildman–Crippen MR) is 64.8 cm³/mol. The van der Waals surface area contributed by atoms with Crippen LogP contribution in [0.4, 0.5) is 0 Å². The Bertz CT molecular complexity index is 408. The van der Waals surface area contributed by atoms with E-state index in [0.29, 0.717) is 12.4 Å². The van der Waals surface area contributed by atoms with Crippen molar-refractivity contribution in [3.8, 4) is 0 Å². The van der Waals surface area contributed by atoms with Crippen LogP contribution in [0.3, 0.4) is 0 Å². The Labute approximate surface area is 102 Å². The number of esters is 1. The second-order valence-electron chi connectivity index (χ2n) is 4.92. The van der Waals surface area contributed by atoms with Crippen LogP contribution in [0, 0.1) is 0 Å². The number of carbonyl (C=O) groups is 1. The van der Waals surface area contributed by atoms with Crippen LogP contribution in [-0.2, 0) is 22.0 Å². The van der Waals surface area contributed by atoms with Gasteiger partial charge in [-0.3, -0.25) is 9.48 Å². The van der Waals surface area contributed by atoms with Gasteiger partial charge in [0.25, 0.3) is 0 Å². The summed E-state index contributed by atoms with van der Waals surface area (Å²) < 4.78 is 6.72. The molecule has 96 valence electrons. The number of nitrogens with zero attached hydrogens (tertiary/aromatic N) is 3. The number of carbonyl (C=O) groups excluding carboxylic acids is 1. The monoisotopic (exact) mass is 239 g/mol. The van der Waals surface area contributed by atoms with Crippen molar-refractivity contribution in [2.75, 3.05) is 6.61 Å². The topological polar surface area (TPSA) is 57.0 Å². The van der Waals surface area contributed by atoms with E-state index in [0.717, 1.165) is 5.82 Å². The third-order valence-electron chi connectivity index (χ3n) is 2.64. The van der Waals surface area contributed by atoms with E-state index in [1.165, 1.54) is 0 Å². The number of rotatable bonds is 4. The van der Waals surface area contributed by atoms with Crippen LogP contribution in [0.15, 0.2) is 0 Å². The van der Waals surface area contributed by atoms with E-state index < -0.39 is 5.41 Å². The third-order valence-corrected chi connectivity index (χ3v) is 2.64. The van der Waals surface area contributed by atoms with Gasteiger partial charge in [-0.15, -0.1) is 0 Å². The van der Waals surface area contributed by atoms with E-state index in [4.69, 9.17) is 4.74 Å². The van der Waals surface area contributed by atoms with Crippen molar-refractivity contribution in [3.63, 3.8) is 0 Å². The van der Waals surface area contributed by atoms with Gasteiger partial charge >= 0.3 is 5.97 Å². The van der Waals surface area contributed by atoms with E-state index in [9.17, 15) is 4.79 Å². The molecule has 0 radical (unpaired) electrons. The number of hydrogen-bond acceptors (Lipinski definition) is 4. The molecule has 1 aromatic heterocycles. The van der Waals surface area contributed by atoms with Gasteiger partial charge in [0, 0.05) is 13.0 Å². The second kappa shape index (κ2) is 4.85. The average Bonchev–Trinajstić information content (AvgIpc) is 2.61. The lowest BCUT2D eigenvalue weighted by Crippen LogP contribution is -2.34. The molecule has 0 aliphatic rings. The lowest BCUT2D eigenvalue weighted by atomic mass is 9.92. The van der Waals surface area contributed by atoms with E-state index in [-0.39, 0.29) is 11.9 Å². The van der Waals surface area contributed by atoms with Crippen LogP contribution in [-0.4, -0.2) is 27.3 Å².